The van der Waals surface area contributed by atoms with Gasteiger partial charge in [-0.1, -0.05) is 32.0 Å². The summed E-state index contributed by atoms with van der Waals surface area (Å²) in [5, 5.41) is 0. The molecule has 0 fully saturated rings. The Kier molecular flexibility index (Phi) is 6.47. The normalized spacial score (nSPS) is 11.6. The van der Waals surface area contributed by atoms with Crippen molar-refractivity contribution >= 4 is 0 Å². The van der Waals surface area contributed by atoms with Gasteiger partial charge in [0.1, 0.15) is 11.5 Å². The summed E-state index contributed by atoms with van der Waals surface area (Å²) in [5.74, 6) is -0.0647. The monoisotopic (exact) mass is 448 g/mol. The molecule has 0 aliphatic carbocycles. The van der Waals surface area contributed by atoms with Crippen molar-refractivity contribution in [2.75, 3.05) is 0 Å². The van der Waals surface area contributed by atoms with Crippen molar-refractivity contribution in [3.8, 4) is 17.4 Å². The summed E-state index contributed by atoms with van der Waals surface area (Å²) in [4.78, 5) is 27.5. The Morgan fingerprint density at radius 1 is 0.969 bits per heavy atom. The van der Waals surface area contributed by atoms with Crippen LogP contribution in [0.3, 0.4) is 0 Å². The number of hydrogen-bond acceptors (Lipinski definition) is 4. The lowest BCUT2D eigenvalue weighted by atomic mass is 10.1. The maximum atomic E-state index is 12.7. The first-order valence-corrected chi connectivity index (χ1v) is 9.91. The van der Waals surface area contributed by atoms with Gasteiger partial charge in [-0.15, -0.1) is 13.2 Å². The molecule has 0 atom stereocenters. The minimum absolute atomic E-state index is 0.0260. The molecule has 2 aromatic carbocycles. The van der Waals surface area contributed by atoms with E-state index in [1.807, 2.05) is 19.9 Å². The molecule has 6 nitrogen and oxygen atoms in total. The number of aryl methyl sites for hydroxylation is 2. The van der Waals surface area contributed by atoms with Crippen molar-refractivity contribution in [3.63, 3.8) is 0 Å². The van der Waals surface area contributed by atoms with Gasteiger partial charge in [-0.25, -0.2) is 4.79 Å². The molecule has 32 heavy (non-hydrogen) atoms. The van der Waals surface area contributed by atoms with Crippen LogP contribution < -0.4 is 20.7 Å². The molecule has 0 aliphatic heterocycles. The number of benzene rings is 2. The first-order chi connectivity index (χ1) is 14.9. The zero-order valence-electron chi connectivity index (χ0n) is 18.0. The van der Waals surface area contributed by atoms with E-state index in [-0.39, 0.29) is 24.1 Å². The van der Waals surface area contributed by atoms with Crippen molar-refractivity contribution in [2.45, 2.75) is 46.5 Å². The Hall–Kier alpha value is -3.49. The standard InChI is InChI=1S/C23H23F3N2O4/c1-13(2)19-20(29)27-22(30)28(21(19)31-18-10-14(3)9-15(4)11-18)12-16-5-7-17(8-6-16)32-23(24,25)26/h5-11,13H,12H2,1-4H3,(H,27,29,30). The van der Waals surface area contributed by atoms with Crippen molar-refractivity contribution < 1.29 is 22.6 Å². The quantitative estimate of drug-likeness (QED) is 0.575. The third-order valence-electron chi connectivity index (χ3n) is 4.67. The summed E-state index contributed by atoms with van der Waals surface area (Å²) in [6.45, 7) is 7.38. The summed E-state index contributed by atoms with van der Waals surface area (Å²) in [7, 11) is 0. The van der Waals surface area contributed by atoms with Crippen LogP contribution in [0, 0.1) is 13.8 Å². The average molecular weight is 448 g/mol. The van der Waals surface area contributed by atoms with Crippen molar-refractivity contribution in [1.82, 2.24) is 9.55 Å². The molecule has 0 spiro atoms. The lowest BCUT2D eigenvalue weighted by Crippen LogP contribution is -2.34. The van der Waals surface area contributed by atoms with E-state index in [2.05, 4.69) is 9.72 Å². The number of hydrogen-bond donors (Lipinski definition) is 1. The Labute approximate surface area is 182 Å². The maximum absolute atomic E-state index is 12.7. The second kappa shape index (κ2) is 8.94. The largest absolute Gasteiger partial charge is 0.573 e. The van der Waals surface area contributed by atoms with Gasteiger partial charge in [0.2, 0.25) is 5.88 Å². The molecular formula is C23H23F3N2O4. The predicted octanol–water partition coefficient (Wildman–Crippen LogP) is 5.02. The fraction of sp³-hybridized carbons (Fsp3) is 0.304. The van der Waals surface area contributed by atoms with Crippen LogP contribution in [-0.2, 0) is 6.54 Å². The van der Waals surface area contributed by atoms with Gasteiger partial charge >= 0.3 is 12.1 Å². The van der Waals surface area contributed by atoms with Gasteiger partial charge in [0, 0.05) is 0 Å². The van der Waals surface area contributed by atoms with E-state index in [4.69, 9.17) is 4.74 Å². The molecule has 3 rings (SSSR count). The molecule has 0 unspecified atom stereocenters. The highest BCUT2D eigenvalue weighted by Crippen LogP contribution is 2.29. The van der Waals surface area contributed by atoms with E-state index in [1.54, 1.807) is 26.0 Å². The first-order valence-electron chi connectivity index (χ1n) is 9.91. The van der Waals surface area contributed by atoms with Crippen LogP contribution in [-0.4, -0.2) is 15.9 Å². The molecule has 0 saturated heterocycles. The summed E-state index contributed by atoms with van der Waals surface area (Å²) in [6, 6.07) is 10.7. The lowest BCUT2D eigenvalue weighted by molar-refractivity contribution is -0.274. The van der Waals surface area contributed by atoms with Gasteiger partial charge in [-0.2, -0.15) is 0 Å². The highest BCUT2D eigenvalue weighted by molar-refractivity contribution is 5.38. The minimum Gasteiger partial charge on any atom is -0.440 e. The topological polar surface area (TPSA) is 73.3 Å². The van der Waals surface area contributed by atoms with Crippen LogP contribution in [0.2, 0.25) is 0 Å². The molecule has 1 heterocycles. The zero-order chi connectivity index (χ0) is 23.6. The molecule has 1 aromatic heterocycles. The highest BCUT2D eigenvalue weighted by Gasteiger charge is 2.31. The van der Waals surface area contributed by atoms with E-state index in [0.29, 0.717) is 16.9 Å². The van der Waals surface area contributed by atoms with E-state index >= 15 is 0 Å². The molecule has 0 saturated carbocycles. The molecule has 9 heteroatoms. The van der Waals surface area contributed by atoms with Crippen LogP contribution in [0.5, 0.6) is 17.4 Å². The van der Waals surface area contributed by atoms with Crippen LogP contribution in [0.15, 0.2) is 52.1 Å². The molecule has 0 amide bonds. The number of alkyl halides is 3. The van der Waals surface area contributed by atoms with Crippen LogP contribution >= 0.6 is 0 Å². The summed E-state index contributed by atoms with van der Waals surface area (Å²) < 4.78 is 48.4. The third-order valence-corrected chi connectivity index (χ3v) is 4.67. The van der Waals surface area contributed by atoms with Crippen LogP contribution in [0.4, 0.5) is 13.2 Å². The van der Waals surface area contributed by atoms with E-state index < -0.39 is 17.6 Å². The first kappa shape index (κ1) is 23.2. The SMILES string of the molecule is Cc1cc(C)cc(Oc2c(C(C)C)c(=O)[nH]c(=O)n2Cc2ccc(OC(F)(F)F)cc2)c1. The van der Waals surface area contributed by atoms with Gasteiger partial charge in [0.05, 0.1) is 12.1 Å². The second-order valence-corrected chi connectivity index (χ2v) is 7.84. The molecule has 3 aromatic rings. The zero-order valence-corrected chi connectivity index (χ0v) is 18.0. The second-order valence-electron chi connectivity index (χ2n) is 7.84. The molecule has 170 valence electrons. The van der Waals surface area contributed by atoms with Gasteiger partial charge in [-0.05, 0) is 60.7 Å². The summed E-state index contributed by atoms with van der Waals surface area (Å²) in [5.41, 5.74) is 1.48. The average Bonchev–Trinajstić information content (AvgIpc) is 2.63. The third kappa shape index (κ3) is 5.60. The van der Waals surface area contributed by atoms with Crippen molar-refractivity contribution in [3.05, 3.63) is 85.6 Å². The number of nitrogens with zero attached hydrogens (tertiary/aromatic N) is 1. The number of aromatic nitrogens is 2. The number of rotatable bonds is 6. The summed E-state index contributed by atoms with van der Waals surface area (Å²) in [6.07, 6.45) is -4.80. The van der Waals surface area contributed by atoms with Crippen molar-refractivity contribution in [1.29, 1.82) is 0 Å². The predicted molar refractivity (Wildman–Crippen MR) is 114 cm³/mol. The Morgan fingerprint density at radius 3 is 2.09 bits per heavy atom. The number of nitrogens with one attached hydrogen (secondary N) is 1. The minimum atomic E-state index is -4.80. The van der Waals surface area contributed by atoms with Gasteiger partial charge in [0.15, 0.2) is 0 Å². The fourth-order valence-corrected chi connectivity index (χ4v) is 3.41. The Bertz CT molecular complexity index is 1210. The molecule has 1 N–H and O–H groups in total. The fourth-order valence-electron chi connectivity index (χ4n) is 3.41. The highest BCUT2D eigenvalue weighted by atomic mass is 19.4. The van der Waals surface area contributed by atoms with E-state index in [9.17, 15) is 22.8 Å². The maximum Gasteiger partial charge on any atom is 0.573 e. The number of halogens is 3. The molecule has 0 radical (unpaired) electrons. The van der Waals surface area contributed by atoms with Gasteiger partial charge in [0.25, 0.3) is 5.56 Å². The van der Waals surface area contributed by atoms with Crippen LogP contribution in [0.25, 0.3) is 0 Å². The Morgan fingerprint density at radius 2 is 1.56 bits per heavy atom. The number of ether oxygens (including phenoxy) is 2. The molecule has 0 aliphatic rings. The van der Waals surface area contributed by atoms with Crippen molar-refractivity contribution in [2.24, 2.45) is 0 Å². The van der Waals surface area contributed by atoms with Gasteiger partial charge in [-0.3, -0.25) is 14.3 Å². The number of aromatic amines is 1. The van der Waals surface area contributed by atoms with Gasteiger partial charge < -0.3 is 9.47 Å². The van der Waals surface area contributed by atoms with E-state index in [1.165, 1.54) is 16.7 Å². The summed E-state index contributed by atoms with van der Waals surface area (Å²) >= 11 is 0. The van der Waals surface area contributed by atoms with Crippen LogP contribution in [0.1, 0.15) is 42.0 Å². The molecule has 0 bridgehead atoms. The Balaban J connectivity index is 2.06. The lowest BCUT2D eigenvalue weighted by Gasteiger charge is -2.19. The number of H-pyrrole nitrogens is 1. The smallest absolute Gasteiger partial charge is 0.440 e. The van der Waals surface area contributed by atoms with E-state index in [0.717, 1.165) is 23.3 Å². The molecular weight excluding hydrogens is 425 g/mol.